The summed E-state index contributed by atoms with van der Waals surface area (Å²) in [7, 11) is 0. The van der Waals surface area contributed by atoms with Crippen molar-refractivity contribution in [2.24, 2.45) is 5.73 Å². The van der Waals surface area contributed by atoms with Crippen LogP contribution in [0.1, 0.15) is 17.5 Å². The average molecular weight is 502 g/mol. The number of rotatable bonds is 6. The van der Waals surface area contributed by atoms with Crippen molar-refractivity contribution in [1.82, 2.24) is 14.1 Å². The van der Waals surface area contributed by atoms with E-state index in [1.54, 1.807) is 28.8 Å². The molecule has 0 aliphatic carbocycles. The Morgan fingerprint density at radius 3 is 2.49 bits per heavy atom. The van der Waals surface area contributed by atoms with Crippen molar-refractivity contribution < 1.29 is 0 Å². The van der Waals surface area contributed by atoms with E-state index in [1.165, 1.54) is 0 Å². The van der Waals surface area contributed by atoms with Crippen LogP contribution in [0.5, 0.6) is 0 Å². The zero-order valence-corrected chi connectivity index (χ0v) is 20.2. The number of aryl methyl sites for hydroxylation is 1. The third-order valence-electron chi connectivity index (χ3n) is 6.05. The third-order valence-corrected chi connectivity index (χ3v) is 6.78. The Balaban J connectivity index is 1.71. The number of hydrogen-bond donors (Lipinski definition) is 1. The molecule has 0 radical (unpaired) electrons. The lowest BCUT2D eigenvalue weighted by molar-refractivity contribution is 0.648. The smallest absolute Gasteiger partial charge is 0.277 e. The molecule has 0 saturated heterocycles. The summed E-state index contributed by atoms with van der Waals surface area (Å²) in [5.74, 6) is 0. The Bertz CT molecular complexity index is 1660. The SMILES string of the molecule is N#Cc1ccc(Cn2cc(-c3nc4cc(Cl)c(Cl)cc4n(CCCN)c3=O)c3ccccc32)cc1. The van der Waals surface area contributed by atoms with Gasteiger partial charge in [0.15, 0.2) is 0 Å². The number of aromatic nitrogens is 3. The number of halogens is 2. The molecule has 8 heteroatoms. The molecule has 5 rings (SSSR count). The van der Waals surface area contributed by atoms with Gasteiger partial charge < -0.3 is 14.9 Å². The maximum Gasteiger partial charge on any atom is 0.277 e. The van der Waals surface area contributed by atoms with Crippen LogP contribution in [0, 0.1) is 11.3 Å². The fourth-order valence-electron chi connectivity index (χ4n) is 4.33. The molecule has 0 atom stereocenters. The van der Waals surface area contributed by atoms with E-state index >= 15 is 0 Å². The molecular formula is C27H21Cl2N5O. The fraction of sp³-hybridized carbons (Fsp3) is 0.148. The highest BCUT2D eigenvalue weighted by molar-refractivity contribution is 6.42. The van der Waals surface area contributed by atoms with Crippen LogP contribution >= 0.6 is 23.2 Å². The number of nitrogens with two attached hydrogens (primary N) is 1. The predicted octanol–water partition coefficient (Wildman–Crippen LogP) is 5.59. The van der Waals surface area contributed by atoms with Gasteiger partial charge in [0.05, 0.1) is 32.7 Å². The van der Waals surface area contributed by atoms with E-state index in [9.17, 15) is 4.79 Å². The molecule has 35 heavy (non-hydrogen) atoms. The summed E-state index contributed by atoms with van der Waals surface area (Å²) >= 11 is 12.5. The fourth-order valence-corrected chi connectivity index (χ4v) is 4.65. The highest BCUT2D eigenvalue weighted by atomic mass is 35.5. The van der Waals surface area contributed by atoms with E-state index in [1.807, 2.05) is 42.6 Å². The second-order valence-corrected chi connectivity index (χ2v) is 9.13. The van der Waals surface area contributed by atoms with Gasteiger partial charge >= 0.3 is 0 Å². The molecule has 2 aromatic heterocycles. The summed E-state index contributed by atoms with van der Waals surface area (Å²) in [6.07, 6.45) is 2.60. The van der Waals surface area contributed by atoms with Crippen LogP contribution in [-0.2, 0) is 13.1 Å². The third kappa shape index (κ3) is 4.30. The van der Waals surface area contributed by atoms with Gasteiger partial charge in [0.25, 0.3) is 5.56 Å². The van der Waals surface area contributed by atoms with Crippen molar-refractivity contribution in [3.8, 4) is 17.3 Å². The molecule has 0 saturated carbocycles. The van der Waals surface area contributed by atoms with Gasteiger partial charge in [0, 0.05) is 35.8 Å². The van der Waals surface area contributed by atoms with E-state index in [-0.39, 0.29) is 5.56 Å². The maximum atomic E-state index is 13.7. The topological polar surface area (TPSA) is 89.6 Å². The molecule has 174 valence electrons. The molecular weight excluding hydrogens is 481 g/mol. The second kappa shape index (κ2) is 9.55. The lowest BCUT2D eigenvalue weighted by Gasteiger charge is -2.13. The Labute approximate surface area is 211 Å². The van der Waals surface area contributed by atoms with Gasteiger partial charge in [-0.15, -0.1) is 0 Å². The van der Waals surface area contributed by atoms with Gasteiger partial charge in [-0.05, 0) is 48.9 Å². The van der Waals surface area contributed by atoms with E-state index in [2.05, 4.69) is 10.6 Å². The lowest BCUT2D eigenvalue weighted by Crippen LogP contribution is -2.25. The van der Waals surface area contributed by atoms with Crippen molar-refractivity contribution >= 4 is 45.1 Å². The van der Waals surface area contributed by atoms with Gasteiger partial charge in [-0.2, -0.15) is 5.26 Å². The predicted molar refractivity (Wildman–Crippen MR) is 141 cm³/mol. The Morgan fingerprint density at radius 1 is 1.00 bits per heavy atom. The standard InChI is InChI=1S/C27H21Cl2N5O/c28-21-12-23-25(13-22(21)29)34(11-3-10-30)27(35)26(32-23)20-16-33(24-5-2-1-4-19(20)24)15-18-8-6-17(14-31)7-9-18/h1-2,4-9,12-13,16H,3,10-11,15,30H2. The number of hydrogen-bond acceptors (Lipinski definition) is 4. The first-order chi connectivity index (χ1) is 17.0. The van der Waals surface area contributed by atoms with Crippen molar-refractivity contribution in [2.75, 3.05) is 6.54 Å². The molecule has 6 nitrogen and oxygen atoms in total. The summed E-state index contributed by atoms with van der Waals surface area (Å²) < 4.78 is 3.77. The minimum Gasteiger partial charge on any atom is -0.342 e. The lowest BCUT2D eigenvalue weighted by atomic mass is 10.1. The molecule has 0 amide bonds. The first-order valence-electron chi connectivity index (χ1n) is 11.2. The molecule has 5 aromatic rings. The van der Waals surface area contributed by atoms with Crippen LogP contribution in [0.3, 0.4) is 0 Å². The Kier molecular flexibility index (Phi) is 6.31. The molecule has 0 bridgehead atoms. The molecule has 0 aliphatic heterocycles. The number of para-hydroxylation sites is 1. The molecule has 0 spiro atoms. The molecule has 0 fully saturated rings. The van der Waals surface area contributed by atoms with Crippen LogP contribution in [0.2, 0.25) is 10.0 Å². The quantitative estimate of drug-likeness (QED) is 0.328. The molecule has 3 aromatic carbocycles. The minimum atomic E-state index is -0.203. The van der Waals surface area contributed by atoms with E-state index in [0.29, 0.717) is 58.4 Å². The van der Waals surface area contributed by atoms with Gasteiger partial charge in [-0.3, -0.25) is 4.79 Å². The van der Waals surface area contributed by atoms with Gasteiger partial charge in [0.2, 0.25) is 0 Å². The first kappa shape index (κ1) is 23.1. The summed E-state index contributed by atoms with van der Waals surface area (Å²) in [6, 6.07) is 20.9. The molecule has 0 unspecified atom stereocenters. The van der Waals surface area contributed by atoms with E-state index < -0.39 is 0 Å². The highest BCUT2D eigenvalue weighted by Crippen LogP contribution is 2.31. The second-order valence-electron chi connectivity index (χ2n) is 8.31. The zero-order valence-electron chi connectivity index (χ0n) is 18.7. The number of benzene rings is 3. The zero-order chi connectivity index (χ0) is 24.5. The monoisotopic (exact) mass is 501 g/mol. The van der Waals surface area contributed by atoms with Gasteiger partial charge in [-0.1, -0.05) is 53.5 Å². The van der Waals surface area contributed by atoms with Gasteiger partial charge in [-0.25, -0.2) is 4.98 Å². The molecule has 0 aliphatic rings. The van der Waals surface area contributed by atoms with Crippen LogP contribution in [0.25, 0.3) is 33.2 Å². The number of nitrogens with zero attached hydrogens (tertiary/aromatic N) is 4. The van der Waals surface area contributed by atoms with Crippen LogP contribution < -0.4 is 11.3 Å². The average Bonchev–Trinajstić information content (AvgIpc) is 3.23. The van der Waals surface area contributed by atoms with Crippen molar-refractivity contribution in [3.63, 3.8) is 0 Å². The number of fused-ring (bicyclic) bond motifs is 2. The number of nitriles is 1. The van der Waals surface area contributed by atoms with Gasteiger partial charge in [0.1, 0.15) is 5.69 Å². The Hall–Kier alpha value is -3.63. The van der Waals surface area contributed by atoms with Crippen LogP contribution in [0.4, 0.5) is 0 Å². The Morgan fingerprint density at radius 2 is 1.74 bits per heavy atom. The first-order valence-corrected chi connectivity index (χ1v) is 11.9. The van der Waals surface area contributed by atoms with Crippen molar-refractivity contribution in [3.05, 3.63) is 98.4 Å². The van der Waals surface area contributed by atoms with E-state index in [0.717, 1.165) is 22.0 Å². The summed E-state index contributed by atoms with van der Waals surface area (Å²) in [6.45, 7) is 1.49. The van der Waals surface area contributed by atoms with E-state index in [4.69, 9.17) is 39.2 Å². The van der Waals surface area contributed by atoms with Crippen LogP contribution in [0.15, 0.2) is 71.7 Å². The maximum absolute atomic E-state index is 13.7. The highest BCUT2D eigenvalue weighted by Gasteiger charge is 2.19. The van der Waals surface area contributed by atoms with Crippen LogP contribution in [-0.4, -0.2) is 20.7 Å². The largest absolute Gasteiger partial charge is 0.342 e. The molecule has 2 N–H and O–H groups in total. The summed E-state index contributed by atoms with van der Waals surface area (Å²) in [5.41, 5.74) is 10.5. The minimum absolute atomic E-state index is 0.203. The molecule has 2 heterocycles. The van der Waals surface area contributed by atoms with Crippen molar-refractivity contribution in [1.29, 1.82) is 5.26 Å². The van der Waals surface area contributed by atoms with Crippen molar-refractivity contribution in [2.45, 2.75) is 19.5 Å². The summed E-state index contributed by atoms with van der Waals surface area (Å²) in [5, 5.41) is 10.8. The normalized spacial score (nSPS) is 11.3. The summed E-state index contributed by atoms with van der Waals surface area (Å²) in [4.78, 5) is 18.5.